The van der Waals surface area contributed by atoms with Crippen LogP contribution >= 0.6 is 11.8 Å². The van der Waals surface area contributed by atoms with Crippen LogP contribution in [0.15, 0.2) is 23.1 Å². The summed E-state index contributed by atoms with van der Waals surface area (Å²) in [6.07, 6.45) is 0.373. The van der Waals surface area contributed by atoms with E-state index < -0.39 is 0 Å². The standard InChI is InChI=1S/C8H5FOS/c9-6-1-2-7-5(3-6)4-8(10)11-7/h1-3H,4H2. The lowest BCUT2D eigenvalue weighted by Crippen LogP contribution is -1.86. The molecule has 0 atom stereocenters. The van der Waals surface area contributed by atoms with Gasteiger partial charge in [0.1, 0.15) is 5.82 Å². The Hall–Kier alpha value is -0.830. The van der Waals surface area contributed by atoms with E-state index in [4.69, 9.17) is 0 Å². The van der Waals surface area contributed by atoms with Crippen molar-refractivity contribution in [3.63, 3.8) is 0 Å². The number of fused-ring (bicyclic) bond motifs is 1. The van der Waals surface area contributed by atoms with Gasteiger partial charge in [-0.2, -0.15) is 0 Å². The zero-order valence-electron chi connectivity index (χ0n) is 5.63. The summed E-state index contributed by atoms with van der Waals surface area (Å²) in [6.45, 7) is 0. The summed E-state index contributed by atoms with van der Waals surface area (Å²) in [5.74, 6) is -0.265. The molecule has 0 aromatic heterocycles. The van der Waals surface area contributed by atoms with Gasteiger partial charge in [-0.25, -0.2) is 4.39 Å². The topological polar surface area (TPSA) is 17.1 Å². The Kier molecular flexibility index (Phi) is 1.46. The predicted molar refractivity (Wildman–Crippen MR) is 41.0 cm³/mol. The third kappa shape index (κ3) is 1.16. The Morgan fingerprint density at radius 3 is 3.09 bits per heavy atom. The van der Waals surface area contributed by atoms with E-state index >= 15 is 0 Å². The van der Waals surface area contributed by atoms with Gasteiger partial charge in [0, 0.05) is 11.3 Å². The van der Waals surface area contributed by atoms with Gasteiger partial charge in [0.25, 0.3) is 0 Å². The Labute approximate surface area is 67.6 Å². The highest BCUT2D eigenvalue weighted by Gasteiger charge is 2.18. The normalized spacial score (nSPS) is 15.2. The van der Waals surface area contributed by atoms with Crippen LogP contribution in [0.4, 0.5) is 4.39 Å². The van der Waals surface area contributed by atoms with Crippen molar-refractivity contribution < 1.29 is 9.18 Å². The number of benzene rings is 1. The monoisotopic (exact) mass is 168 g/mol. The molecule has 1 aliphatic heterocycles. The molecule has 0 N–H and O–H groups in total. The quantitative estimate of drug-likeness (QED) is 0.589. The van der Waals surface area contributed by atoms with Gasteiger partial charge >= 0.3 is 0 Å². The van der Waals surface area contributed by atoms with E-state index in [2.05, 4.69) is 0 Å². The van der Waals surface area contributed by atoms with Crippen LogP contribution in [0, 0.1) is 5.82 Å². The summed E-state index contributed by atoms with van der Waals surface area (Å²) in [7, 11) is 0. The highest BCUT2D eigenvalue weighted by atomic mass is 32.2. The highest BCUT2D eigenvalue weighted by molar-refractivity contribution is 8.14. The van der Waals surface area contributed by atoms with Gasteiger partial charge < -0.3 is 0 Å². The third-order valence-electron chi connectivity index (χ3n) is 1.58. The molecule has 11 heavy (non-hydrogen) atoms. The number of carbonyl (C=O) groups is 1. The molecule has 3 heteroatoms. The molecule has 1 nitrogen and oxygen atoms in total. The summed E-state index contributed by atoms with van der Waals surface area (Å²) >= 11 is 1.19. The summed E-state index contributed by atoms with van der Waals surface area (Å²) in [5, 5.41) is 0.102. The van der Waals surface area contributed by atoms with Crippen molar-refractivity contribution >= 4 is 16.9 Å². The zero-order chi connectivity index (χ0) is 7.84. The van der Waals surface area contributed by atoms with E-state index in [1.165, 1.54) is 23.9 Å². The maximum Gasteiger partial charge on any atom is 0.198 e. The van der Waals surface area contributed by atoms with Crippen molar-refractivity contribution in [2.45, 2.75) is 11.3 Å². The van der Waals surface area contributed by atoms with Crippen LogP contribution in [0.5, 0.6) is 0 Å². The molecule has 0 aliphatic carbocycles. The molecule has 1 heterocycles. The molecule has 0 spiro atoms. The first-order valence-electron chi connectivity index (χ1n) is 3.25. The molecule has 0 unspecified atom stereocenters. The minimum absolute atomic E-state index is 0.102. The Bertz CT molecular complexity index is 322. The van der Waals surface area contributed by atoms with Crippen LogP contribution in [-0.2, 0) is 11.2 Å². The lowest BCUT2D eigenvalue weighted by Gasteiger charge is -1.93. The third-order valence-corrected chi connectivity index (χ3v) is 2.57. The summed E-state index contributed by atoms with van der Waals surface area (Å²) in [5.41, 5.74) is 0.819. The second-order valence-corrected chi connectivity index (χ2v) is 3.50. The average Bonchev–Trinajstić information content (AvgIpc) is 2.27. The molecule has 0 fully saturated rings. The second-order valence-electron chi connectivity index (χ2n) is 2.40. The van der Waals surface area contributed by atoms with Gasteiger partial charge in [-0.1, -0.05) is 11.8 Å². The lowest BCUT2D eigenvalue weighted by atomic mass is 10.2. The largest absolute Gasteiger partial charge is 0.286 e. The molecular formula is C8H5FOS. The van der Waals surface area contributed by atoms with Gasteiger partial charge in [-0.05, 0) is 23.8 Å². The van der Waals surface area contributed by atoms with E-state index in [0.717, 1.165) is 10.5 Å². The van der Waals surface area contributed by atoms with E-state index in [-0.39, 0.29) is 10.9 Å². The number of hydrogen-bond donors (Lipinski definition) is 0. The fourth-order valence-electron chi connectivity index (χ4n) is 1.10. The minimum atomic E-state index is -0.265. The first-order valence-corrected chi connectivity index (χ1v) is 4.06. The van der Waals surface area contributed by atoms with E-state index in [1.54, 1.807) is 6.07 Å². The maximum atomic E-state index is 12.6. The first kappa shape index (κ1) is 6.85. The zero-order valence-corrected chi connectivity index (χ0v) is 6.45. The summed E-state index contributed by atoms with van der Waals surface area (Å²) < 4.78 is 12.6. The van der Waals surface area contributed by atoms with Crippen molar-refractivity contribution in [2.75, 3.05) is 0 Å². The number of carbonyl (C=O) groups excluding carboxylic acids is 1. The van der Waals surface area contributed by atoms with Gasteiger partial charge in [0.15, 0.2) is 5.12 Å². The molecule has 1 aromatic carbocycles. The fraction of sp³-hybridized carbons (Fsp3) is 0.125. The van der Waals surface area contributed by atoms with Gasteiger partial charge in [0.2, 0.25) is 0 Å². The van der Waals surface area contributed by atoms with E-state index in [9.17, 15) is 9.18 Å². The smallest absolute Gasteiger partial charge is 0.198 e. The minimum Gasteiger partial charge on any atom is -0.286 e. The van der Waals surface area contributed by atoms with Crippen LogP contribution < -0.4 is 0 Å². The molecule has 2 rings (SSSR count). The summed E-state index contributed by atoms with van der Waals surface area (Å²) in [6, 6.07) is 4.46. The van der Waals surface area contributed by atoms with Gasteiger partial charge in [-0.3, -0.25) is 4.79 Å². The van der Waals surface area contributed by atoms with Crippen molar-refractivity contribution in [3.05, 3.63) is 29.6 Å². The molecule has 0 bridgehead atoms. The molecule has 0 saturated heterocycles. The van der Waals surface area contributed by atoms with Crippen LogP contribution in [0.2, 0.25) is 0 Å². The van der Waals surface area contributed by atoms with Crippen molar-refractivity contribution in [1.29, 1.82) is 0 Å². The molecular weight excluding hydrogens is 163 g/mol. The fourth-order valence-corrected chi connectivity index (χ4v) is 1.97. The molecule has 1 aromatic rings. The highest BCUT2D eigenvalue weighted by Crippen LogP contribution is 2.32. The first-order chi connectivity index (χ1) is 5.25. The van der Waals surface area contributed by atoms with Crippen LogP contribution in [0.25, 0.3) is 0 Å². The number of thioether (sulfide) groups is 1. The van der Waals surface area contributed by atoms with Crippen molar-refractivity contribution in [3.8, 4) is 0 Å². The SMILES string of the molecule is O=C1Cc2cc(F)ccc2S1. The van der Waals surface area contributed by atoms with Gasteiger partial charge in [0.05, 0.1) is 0 Å². The van der Waals surface area contributed by atoms with Crippen LogP contribution in [-0.4, -0.2) is 5.12 Å². The molecule has 1 aliphatic rings. The Morgan fingerprint density at radius 2 is 2.27 bits per heavy atom. The predicted octanol–water partition coefficient (Wildman–Crippen LogP) is 2.00. The van der Waals surface area contributed by atoms with Crippen LogP contribution in [0.1, 0.15) is 5.56 Å². The van der Waals surface area contributed by atoms with E-state index in [0.29, 0.717) is 6.42 Å². The van der Waals surface area contributed by atoms with Crippen molar-refractivity contribution in [2.24, 2.45) is 0 Å². The Balaban J connectivity index is 2.51. The van der Waals surface area contributed by atoms with Gasteiger partial charge in [-0.15, -0.1) is 0 Å². The molecule has 0 saturated carbocycles. The Morgan fingerprint density at radius 1 is 1.45 bits per heavy atom. The molecule has 0 amide bonds. The number of rotatable bonds is 0. The average molecular weight is 168 g/mol. The number of hydrogen-bond acceptors (Lipinski definition) is 2. The maximum absolute atomic E-state index is 12.6. The lowest BCUT2D eigenvalue weighted by molar-refractivity contribution is -0.110. The molecule has 0 radical (unpaired) electrons. The second kappa shape index (κ2) is 2.34. The molecule has 56 valence electrons. The van der Waals surface area contributed by atoms with Crippen molar-refractivity contribution in [1.82, 2.24) is 0 Å². The van der Waals surface area contributed by atoms with E-state index in [1.807, 2.05) is 0 Å². The van der Waals surface area contributed by atoms with Crippen LogP contribution in [0.3, 0.4) is 0 Å². The number of halogens is 1. The summed E-state index contributed by atoms with van der Waals surface area (Å²) in [4.78, 5) is 11.8.